The molecule has 0 spiro atoms. The fraction of sp³-hybridized carbons (Fsp3) is 0.0476. The molecule has 1 amide bonds. The molecule has 0 aliphatic rings. The van der Waals surface area contributed by atoms with Gasteiger partial charge in [-0.15, -0.1) is 11.3 Å². The summed E-state index contributed by atoms with van der Waals surface area (Å²) in [6.45, 7) is -0.515. The third-order valence-corrected chi connectivity index (χ3v) is 4.91. The van der Waals surface area contributed by atoms with Crippen LogP contribution < -0.4 is 5.32 Å². The number of amides is 1. The number of anilines is 1. The molecule has 144 valence electrons. The Bertz CT molecular complexity index is 1100. The maximum absolute atomic E-state index is 12.1. The first-order valence-electron chi connectivity index (χ1n) is 8.40. The Morgan fingerprint density at radius 1 is 1.21 bits per heavy atom. The van der Waals surface area contributed by atoms with E-state index in [1.807, 2.05) is 35.7 Å². The number of aromatic nitrogens is 1. The van der Waals surface area contributed by atoms with E-state index in [0.717, 1.165) is 15.7 Å². The monoisotopic (exact) mass is 467 g/mol. The van der Waals surface area contributed by atoms with Crippen molar-refractivity contribution in [1.29, 1.82) is 5.26 Å². The van der Waals surface area contributed by atoms with E-state index in [4.69, 9.17) is 10.00 Å². The minimum absolute atomic E-state index is 0.185. The van der Waals surface area contributed by atoms with Crippen LogP contribution in [0.2, 0.25) is 0 Å². The number of carbonyl (C=O) groups excluding carboxylic acids is 2. The molecule has 1 heterocycles. The minimum Gasteiger partial charge on any atom is -0.451 e. The van der Waals surface area contributed by atoms with Gasteiger partial charge in [-0.2, -0.15) is 5.26 Å². The number of halogens is 1. The summed E-state index contributed by atoms with van der Waals surface area (Å²) in [4.78, 5) is 28.5. The molecule has 0 aliphatic carbocycles. The van der Waals surface area contributed by atoms with Gasteiger partial charge in [-0.05, 0) is 23.8 Å². The Labute approximate surface area is 179 Å². The van der Waals surface area contributed by atoms with Gasteiger partial charge in [0.25, 0.3) is 5.91 Å². The molecule has 0 unspecified atom stereocenters. The molecule has 1 aromatic heterocycles. The van der Waals surface area contributed by atoms with Crippen LogP contribution >= 0.6 is 27.3 Å². The highest BCUT2D eigenvalue weighted by atomic mass is 79.9. The highest BCUT2D eigenvalue weighted by Crippen LogP contribution is 2.26. The summed E-state index contributed by atoms with van der Waals surface area (Å²) in [7, 11) is 0. The van der Waals surface area contributed by atoms with Gasteiger partial charge in [0.2, 0.25) is 0 Å². The maximum Gasteiger partial charge on any atom is 0.349 e. The van der Waals surface area contributed by atoms with E-state index >= 15 is 0 Å². The number of hydrogen-bond acceptors (Lipinski definition) is 6. The van der Waals surface area contributed by atoms with Crippen molar-refractivity contribution in [3.05, 3.63) is 75.6 Å². The summed E-state index contributed by atoms with van der Waals surface area (Å²) in [5.74, 6) is -1.40. The van der Waals surface area contributed by atoms with E-state index in [9.17, 15) is 9.59 Å². The highest BCUT2D eigenvalue weighted by molar-refractivity contribution is 9.10. The minimum atomic E-state index is -0.861. The predicted octanol–water partition coefficient (Wildman–Crippen LogP) is 4.66. The van der Waals surface area contributed by atoms with Gasteiger partial charge in [-0.1, -0.05) is 58.4 Å². The molecule has 0 bridgehead atoms. The van der Waals surface area contributed by atoms with Gasteiger partial charge in [-0.25, -0.2) is 9.78 Å². The Kier molecular flexibility index (Phi) is 6.89. The molecule has 3 aromatic rings. The van der Waals surface area contributed by atoms with E-state index in [0.29, 0.717) is 10.7 Å². The van der Waals surface area contributed by atoms with E-state index in [1.165, 1.54) is 17.4 Å². The second-order valence-corrected chi connectivity index (χ2v) is 7.53. The van der Waals surface area contributed by atoms with E-state index in [1.54, 1.807) is 30.3 Å². The number of benzene rings is 2. The Balaban J connectivity index is 1.57. The lowest BCUT2D eigenvalue weighted by Gasteiger charge is -2.04. The molecule has 0 atom stereocenters. The number of esters is 1. The van der Waals surface area contributed by atoms with Crippen LogP contribution in [0.15, 0.2) is 70.0 Å². The highest BCUT2D eigenvalue weighted by Gasteiger charge is 2.14. The number of nitriles is 1. The Morgan fingerprint density at radius 3 is 2.72 bits per heavy atom. The van der Waals surface area contributed by atoms with Gasteiger partial charge in [0.1, 0.15) is 11.6 Å². The zero-order chi connectivity index (χ0) is 20.6. The van der Waals surface area contributed by atoms with E-state index in [2.05, 4.69) is 26.2 Å². The van der Waals surface area contributed by atoms with Gasteiger partial charge in [-0.3, -0.25) is 10.1 Å². The molecule has 1 N–H and O–H groups in total. The van der Waals surface area contributed by atoms with Crippen LogP contribution in [0.3, 0.4) is 0 Å². The number of nitrogens with one attached hydrogen (secondary N) is 1. The van der Waals surface area contributed by atoms with Crippen molar-refractivity contribution in [3.8, 4) is 17.3 Å². The largest absolute Gasteiger partial charge is 0.451 e. The summed E-state index contributed by atoms with van der Waals surface area (Å²) < 4.78 is 5.87. The van der Waals surface area contributed by atoms with E-state index in [-0.39, 0.29) is 5.57 Å². The molecule has 0 saturated heterocycles. The van der Waals surface area contributed by atoms with Crippen LogP contribution in [-0.2, 0) is 14.3 Å². The molecular weight excluding hydrogens is 454 g/mol. The standard InChI is InChI=1S/C21H14BrN3O3S/c22-17-8-4-7-15(10-17)18-13-29-21(24-18)25-19(26)12-28-20(27)16(11-23)9-14-5-2-1-3-6-14/h1-10,13H,12H2,(H,24,25,26)/b16-9-. The number of rotatable bonds is 6. The first kappa shape index (κ1) is 20.5. The molecule has 0 aliphatic heterocycles. The second-order valence-electron chi connectivity index (χ2n) is 5.75. The number of hydrogen-bond donors (Lipinski definition) is 1. The van der Waals surface area contributed by atoms with Crippen molar-refractivity contribution < 1.29 is 14.3 Å². The number of carbonyl (C=O) groups is 2. The Hall–Kier alpha value is -3.28. The van der Waals surface area contributed by atoms with Gasteiger partial charge in [0.15, 0.2) is 11.7 Å². The van der Waals surface area contributed by atoms with Crippen molar-refractivity contribution in [1.82, 2.24) is 4.98 Å². The quantitative estimate of drug-likeness (QED) is 0.323. The van der Waals surface area contributed by atoms with Crippen molar-refractivity contribution in [2.45, 2.75) is 0 Å². The Morgan fingerprint density at radius 2 is 2.00 bits per heavy atom. The van der Waals surface area contributed by atoms with Crippen LogP contribution in [0.5, 0.6) is 0 Å². The van der Waals surface area contributed by atoms with Crippen molar-refractivity contribution in [2.24, 2.45) is 0 Å². The summed E-state index contributed by atoms with van der Waals surface area (Å²) in [5.41, 5.74) is 2.14. The summed E-state index contributed by atoms with van der Waals surface area (Å²) >= 11 is 4.67. The van der Waals surface area contributed by atoms with Gasteiger partial charge in [0, 0.05) is 15.4 Å². The van der Waals surface area contributed by atoms with Crippen LogP contribution in [0.25, 0.3) is 17.3 Å². The molecule has 2 aromatic carbocycles. The fourth-order valence-corrected chi connectivity index (χ4v) is 3.46. The van der Waals surface area contributed by atoms with E-state index < -0.39 is 18.5 Å². The van der Waals surface area contributed by atoms with Crippen LogP contribution in [-0.4, -0.2) is 23.5 Å². The second kappa shape index (κ2) is 9.78. The first-order valence-corrected chi connectivity index (χ1v) is 10.1. The summed E-state index contributed by atoms with van der Waals surface area (Å²) in [6.07, 6.45) is 1.41. The van der Waals surface area contributed by atoms with Crippen LogP contribution in [0.4, 0.5) is 5.13 Å². The lowest BCUT2D eigenvalue weighted by atomic mass is 10.1. The number of thiazole rings is 1. The average molecular weight is 468 g/mol. The number of nitrogens with zero attached hydrogens (tertiary/aromatic N) is 2. The normalized spacial score (nSPS) is 10.8. The van der Waals surface area contributed by atoms with Gasteiger partial charge < -0.3 is 4.74 Å². The maximum atomic E-state index is 12.1. The van der Waals surface area contributed by atoms with Gasteiger partial charge >= 0.3 is 5.97 Å². The molecule has 3 rings (SSSR count). The third kappa shape index (κ3) is 5.85. The molecule has 0 radical (unpaired) electrons. The first-order chi connectivity index (χ1) is 14.0. The zero-order valence-electron chi connectivity index (χ0n) is 15.0. The zero-order valence-corrected chi connectivity index (χ0v) is 17.4. The molecular formula is C21H14BrN3O3S. The van der Waals surface area contributed by atoms with Gasteiger partial charge in [0.05, 0.1) is 5.69 Å². The smallest absolute Gasteiger partial charge is 0.349 e. The fourth-order valence-electron chi connectivity index (χ4n) is 2.33. The van der Waals surface area contributed by atoms with Crippen molar-refractivity contribution in [2.75, 3.05) is 11.9 Å². The lowest BCUT2D eigenvalue weighted by molar-refractivity contribution is -0.142. The predicted molar refractivity (Wildman–Crippen MR) is 115 cm³/mol. The van der Waals surface area contributed by atoms with Crippen LogP contribution in [0.1, 0.15) is 5.56 Å². The number of ether oxygens (including phenoxy) is 1. The summed E-state index contributed by atoms with van der Waals surface area (Å²) in [6, 6.07) is 18.3. The topological polar surface area (TPSA) is 92.1 Å². The molecule has 8 heteroatoms. The third-order valence-electron chi connectivity index (χ3n) is 3.66. The van der Waals surface area contributed by atoms with Crippen molar-refractivity contribution in [3.63, 3.8) is 0 Å². The molecule has 0 fully saturated rings. The summed E-state index contributed by atoms with van der Waals surface area (Å²) in [5, 5.41) is 14.0. The average Bonchev–Trinajstić information content (AvgIpc) is 3.19. The molecule has 29 heavy (non-hydrogen) atoms. The lowest BCUT2D eigenvalue weighted by Crippen LogP contribution is -2.21. The van der Waals surface area contributed by atoms with Crippen LogP contribution in [0, 0.1) is 11.3 Å². The molecule has 0 saturated carbocycles. The van der Waals surface area contributed by atoms with Crippen molar-refractivity contribution >= 4 is 50.4 Å². The SMILES string of the molecule is N#C/C(=C/c1ccccc1)C(=O)OCC(=O)Nc1nc(-c2cccc(Br)c2)cs1. The molecule has 6 nitrogen and oxygen atoms in total.